The highest BCUT2D eigenvalue weighted by Gasteiger charge is 2.23. The molecule has 0 spiro atoms. The fraction of sp³-hybridized carbons (Fsp3) is 0.235. The van der Waals surface area contributed by atoms with E-state index in [1.807, 2.05) is 30.3 Å². The van der Waals surface area contributed by atoms with E-state index >= 15 is 0 Å². The van der Waals surface area contributed by atoms with Gasteiger partial charge in [0, 0.05) is 27.6 Å². The van der Waals surface area contributed by atoms with E-state index in [1.54, 1.807) is 13.0 Å². The first-order valence-corrected chi connectivity index (χ1v) is 14.0. The number of aliphatic hydroxyl groups excluding tert-OH is 1. The summed E-state index contributed by atoms with van der Waals surface area (Å²) in [4.78, 5) is 20.7. The van der Waals surface area contributed by atoms with Crippen LogP contribution in [0.5, 0.6) is 0 Å². The number of carbonyl (C=O) groups is 1. The number of nitrogens with zero attached hydrogens (tertiary/aromatic N) is 2. The van der Waals surface area contributed by atoms with Crippen LogP contribution >= 0.6 is 0 Å². The number of ketones is 1. The topological polar surface area (TPSA) is 70.9 Å². The zero-order valence-corrected chi connectivity index (χ0v) is 22.3. The number of benzene rings is 4. The number of Topliss-reactive ketones (excluding diaryl/α,β-unsaturated/α-hetero) is 1. The third kappa shape index (κ3) is 4.20. The van der Waals surface area contributed by atoms with Crippen molar-refractivity contribution in [3.8, 4) is 17.1 Å². The molecule has 0 aliphatic heterocycles. The van der Waals surface area contributed by atoms with Crippen molar-refractivity contribution < 1.29 is 14.3 Å². The predicted molar refractivity (Wildman–Crippen MR) is 157 cm³/mol. The molecule has 0 unspecified atom stereocenters. The summed E-state index contributed by atoms with van der Waals surface area (Å²) in [5.74, 6) is 0.926. The number of rotatable bonds is 5. The molecule has 0 saturated heterocycles. The average molecular weight is 532 g/mol. The van der Waals surface area contributed by atoms with Gasteiger partial charge in [0.25, 0.3) is 0 Å². The minimum Gasteiger partial charge on any atom is -0.393 e. The zero-order valence-electron chi connectivity index (χ0n) is 22.3. The Morgan fingerprint density at radius 2 is 1.77 bits per heavy atom. The lowest BCUT2D eigenvalue weighted by molar-refractivity contribution is 0.101. The van der Waals surface area contributed by atoms with Crippen LogP contribution < -0.4 is 0 Å². The zero-order chi connectivity index (χ0) is 27.4. The first kappa shape index (κ1) is 24.7. The summed E-state index contributed by atoms with van der Waals surface area (Å²) in [6.07, 6.45) is 4.22. The van der Waals surface area contributed by atoms with Crippen LogP contribution in [0.15, 0.2) is 78.9 Å². The van der Waals surface area contributed by atoms with Gasteiger partial charge in [0.1, 0.15) is 11.6 Å². The second-order valence-electron chi connectivity index (χ2n) is 11.1. The van der Waals surface area contributed by atoms with Crippen LogP contribution in [0.3, 0.4) is 0 Å². The van der Waals surface area contributed by atoms with Gasteiger partial charge in [-0.05, 0) is 99.0 Å². The quantitative estimate of drug-likeness (QED) is 0.223. The van der Waals surface area contributed by atoms with Crippen LogP contribution in [0, 0.1) is 11.7 Å². The number of hydrogen-bond acceptors (Lipinski definition) is 3. The summed E-state index contributed by atoms with van der Waals surface area (Å²) >= 11 is 0. The molecule has 5 nitrogen and oxygen atoms in total. The molecule has 0 bridgehead atoms. The number of halogens is 1. The molecule has 200 valence electrons. The molecule has 0 atom stereocenters. The van der Waals surface area contributed by atoms with E-state index in [9.17, 15) is 14.3 Å². The number of para-hydroxylation sites is 1. The lowest BCUT2D eigenvalue weighted by Gasteiger charge is -2.26. The maximum atomic E-state index is 13.9. The van der Waals surface area contributed by atoms with Crippen LogP contribution in [-0.4, -0.2) is 31.5 Å². The number of aromatic nitrogens is 3. The summed E-state index contributed by atoms with van der Waals surface area (Å²) in [6, 6.07) is 25.3. The molecule has 0 amide bonds. The molecule has 6 aromatic rings. The molecule has 40 heavy (non-hydrogen) atoms. The Hall–Kier alpha value is -4.29. The van der Waals surface area contributed by atoms with Crippen LogP contribution in [0.4, 0.5) is 4.39 Å². The highest BCUT2D eigenvalue weighted by molar-refractivity contribution is 6.15. The molecule has 1 fully saturated rings. The minimum absolute atomic E-state index is 0.0724. The Kier molecular flexibility index (Phi) is 6.01. The molecule has 2 heterocycles. The van der Waals surface area contributed by atoms with Gasteiger partial charge in [0.05, 0.1) is 28.2 Å². The van der Waals surface area contributed by atoms with Crippen molar-refractivity contribution in [3.05, 3.63) is 95.8 Å². The van der Waals surface area contributed by atoms with E-state index in [1.165, 1.54) is 12.1 Å². The highest BCUT2D eigenvalue weighted by atomic mass is 19.1. The van der Waals surface area contributed by atoms with Crippen molar-refractivity contribution in [3.63, 3.8) is 0 Å². The summed E-state index contributed by atoms with van der Waals surface area (Å²) in [7, 11) is 0. The van der Waals surface area contributed by atoms with Crippen molar-refractivity contribution in [1.29, 1.82) is 0 Å². The number of carbonyl (C=O) groups excluding carboxylic acids is 1. The molecule has 1 saturated carbocycles. The van der Waals surface area contributed by atoms with Crippen molar-refractivity contribution in [2.24, 2.45) is 5.92 Å². The standard InChI is InChI=1S/C34H30FN3O2/c1-20(39)26-15-12-24(18-22(26)17-21-9-13-25(40)14-10-21)38-31-7-3-2-5-27(31)33-28(6-4-8-32(33)38)34-36-29-16-11-23(35)19-30(29)37-34/h2-8,11-12,15-16,18-19,21,25,40H,9-10,13-14,17H2,1H3,(H,36,37). The van der Waals surface area contributed by atoms with Gasteiger partial charge in [-0.2, -0.15) is 0 Å². The van der Waals surface area contributed by atoms with Gasteiger partial charge in [0.2, 0.25) is 0 Å². The first-order valence-electron chi connectivity index (χ1n) is 14.0. The predicted octanol–water partition coefficient (Wildman–Crippen LogP) is 7.76. The van der Waals surface area contributed by atoms with Crippen molar-refractivity contribution in [1.82, 2.24) is 14.5 Å². The summed E-state index contributed by atoms with van der Waals surface area (Å²) in [5.41, 5.74) is 7.27. The van der Waals surface area contributed by atoms with Crippen LogP contribution in [0.2, 0.25) is 0 Å². The van der Waals surface area contributed by atoms with Gasteiger partial charge < -0.3 is 14.7 Å². The van der Waals surface area contributed by atoms with Gasteiger partial charge in [-0.1, -0.05) is 30.3 Å². The lowest BCUT2D eigenvalue weighted by Crippen LogP contribution is -2.20. The Labute approximate surface area is 231 Å². The molecule has 0 radical (unpaired) electrons. The van der Waals surface area contributed by atoms with Crippen LogP contribution in [0.25, 0.3) is 49.9 Å². The van der Waals surface area contributed by atoms with Gasteiger partial charge >= 0.3 is 0 Å². The summed E-state index contributed by atoms with van der Waals surface area (Å²) < 4.78 is 16.2. The average Bonchev–Trinajstić information content (AvgIpc) is 3.53. The molecular formula is C34H30FN3O2. The normalized spacial score (nSPS) is 17.7. The van der Waals surface area contributed by atoms with Crippen molar-refractivity contribution in [2.45, 2.75) is 45.1 Å². The molecule has 1 aliphatic rings. The van der Waals surface area contributed by atoms with Gasteiger partial charge in [-0.15, -0.1) is 0 Å². The number of aliphatic hydroxyl groups is 1. The fourth-order valence-corrected chi connectivity index (χ4v) is 6.50. The maximum Gasteiger partial charge on any atom is 0.160 e. The van der Waals surface area contributed by atoms with E-state index in [2.05, 4.69) is 39.9 Å². The van der Waals surface area contributed by atoms with Crippen LogP contribution in [0.1, 0.15) is 48.5 Å². The molecule has 7 rings (SSSR count). The molecular weight excluding hydrogens is 501 g/mol. The number of hydrogen-bond donors (Lipinski definition) is 2. The second-order valence-corrected chi connectivity index (χ2v) is 11.1. The van der Waals surface area contributed by atoms with E-state index in [0.717, 1.165) is 81.8 Å². The number of fused-ring (bicyclic) bond motifs is 4. The largest absolute Gasteiger partial charge is 0.393 e. The molecule has 4 aromatic carbocycles. The third-order valence-corrected chi connectivity index (χ3v) is 8.45. The highest BCUT2D eigenvalue weighted by Crippen LogP contribution is 2.39. The maximum absolute atomic E-state index is 13.9. The second kappa shape index (κ2) is 9.72. The third-order valence-electron chi connectivity index (χ3n) is 8.45. The van der Waals surface area contributed by atoms with Crippen LogP contribution in [-0.2, 0) is 6.42 Å². The number of imidazole rings is 1. The summed E-state index contributed by atoms with van der Waals surface area (Å²) in [6.45, 7) is 1.63. The van der Waals surface area contributed by atoms with Gasteiger partial charge in [-0.25, -0.2) is 9.37 Å². The summed E-state index contributed by atoms with van der Waals surface area (Å²) in [5, 5.41) is 12.1. The fourth-order valence-electron chi connectivity index (χ4n) is 6.50. The van der Waals surface area contributed by atoms with E-state index in [-0.39, 0.29) is 17.7 Å². The van der Waals surface area contributed by atoms with E-state index in [0.29, 0.717) is 17.3 Å². The first-order chi connectivity index (χ1) is 19.5. The van der Waals surface area contributed by atoms with Crippen molar-refractivity contribution >= 4 is 38.6 Å². The molecule has 6 heteroatoms. The van der Waals surface area contributed by atoms with E-state index in [4.69, 9.17) is 4.98 Å². The van der Waals surface area contributed by atoms with E-state index < -0.39 is 0 Å². The Morgan fingerprint density at radius 1 is 0.975 bits per heavy atom. The minimum atomic E-state index is -0.299. The van der Waals surface area contributed by atoms with Crippen molar-refractivity contribution in [2.75, 3.05) is 0 Å². The van der Waals surface area contributed by atoms with Gasteiger partial charge in [0.15, 0.2) is 5.78 Å². The Morgan fingerprint density at radius 3 is 2.60 bits per heavy atom. The SMILES string of the molecule is CC(=O)c1ccc(-n2c3ccccc3c3c(-c4nc5ccc(F)cc5[nH]4)cccc32)cc1CC1CCC(O)CC1. The molecule has 2 aromatic heterocycles. The molecule has 1 aliphatic carbocycles. The number of H-pyrrole nitrogens is 1. The van der Waals surface area contributed by atoms with Gasteiger partial charge in [-0.3, -0.25) is 4.79 Å². The lowest BCUT2D eigenvalue weighted by atomic mass is 9.82. The molecule has 2 N–H and O–H groups in total. The Balaban J connectivity index is 1.41. The number of aromatic amines is 1. The Bertz CT molecular complexity index is 1910. The monoisotopic (exact) mass is 531 g/mol. The smallest absolute Gasteiger partial charge is 0.160 e. The number of nitrogens with one attached hydrogen (secondary N) is 1.